The fraction of sp³-hybridized carbons (Fsp3) is 0.385. The Morgan fingerprint density at radius 1 is 1.44 bits per heavy atom. The van der Waals surface area contributed by atoms with E-state index < -0.39 is 11.7 Å². The van der Waals surface area contributed by atoms with Crippen molar-refractivity contribution in [2.75, 3.05) is 5.32 Å². The van der Waals surface area contributed by atoms with E-state index in [-0.39, 0.29) is 11.1 Å². The molecule has 0 fully saturated rings. The number of nitrogens with one attached hydrogen (secondary N) is 1. The maximum atomic E-state index is 12.6. The lowest BCUT2D eigenvalue weighted by atomic mass is 10.1. The fourth-order valence-corrected chi connectivity index (χ4v) is 1.69. The normalized spacial score (nSPS) is 13.2. The molecule has 0 saturated carbocycles. The number of anilines is 1. The molecule has 1 atom stereocenters. The van der Waals surface area contributed by atoms with Crippen LogP contribution in [-0.2, 0) is 6.18 Å². The molecular weight excluding hydrogens is 263 g/mol. The molecule has 1 N–H and O–H groups in total. The molecule has 0 aliphatic rings. The highest BCUT2D eigenvalue weighted by atomic mass is 35.5. The number of halogens is 4. The lowest BCUT2D eigenvalue weighted by Crippen LogP contribution is -2.15. The molecule has 0 heterocycles. The average molecular weight is 278 g/mol. The van der Waals surface area contributed by atoms with E-state index in [1.54, 1.807) is 6.08 Å². The second-order valence-corrected chi connectivity index (χ2v) is 4.51. The van der Waals surface area contributed by atoms with Crippen molar-refractivity contribution in [2.45, 2.75) is 32.0 Å². The third-order valence-electron chi connectivity index (χ3n) is 2.50. The Morgan fingerprint density at radius 2 is 2.11 bits per heavy atom. The summed E-state index contributed by atoms with van der Waals surface area (Å²) in [5.74, 6) is 0. The van der Waals surface area contributed by atoms with Crippen LogP contribution in [0.15, 0.2) is 30.9 Å². The number of benzene rings is 1. The summed E-state index contributed by atoms with van der Waals surface area (Å²) < 4.78 is 37.7. The molecule has 0 aliphatic heterocycles. The Hall–Kier alpha value is -1.16. The molecule has 0 saturated heterocycles. The standard InChI is InChI=1S/C13H15ClF3N/c1-3-4-5-9(2)18-12-8-10(13(15,16)17)6-7-11(12)14/h3,6-9,18H,1,4-5H2,2H3. The SMILES string of the molecule is C=CCCC(C)Nc1cc(C(F)(F)F)ccc1Cl. The van der Waals surface area contributed by atoms with E-state index >= 15 is 0 Å². The van der Waals surface area contributed by atoms with E-state index in [1.165, 1.54) is 6.07 Å². The number of rotatable bonds is 5. The van der Waals surface area contributed by atoms with Crippen LogP contribution in [-0.4, -0.2) is 6.04 Å². The maximum Gasteiger partial charge on any atom is 0.416 e. The zero-order valence-electron chi connectivity index (χ0n) is 10.0. The Labute approximate surface area is 110 Å². The molecule has 1 rings (SSSR count). The van der Waals surface area contributed by atoms with Crippen LogP contribution in [0.1, 0.15) is 25.3 Å². The zero-order chi connectivity index (χ0) is 13.8. The smallest absolute Gasteiger partial charge is 0.381 e. The Kier molecular flexibility index (Phi) is 5.08. The van der Waals surface area contributed by atoms with Gasteiger partial charge in [0.05, 0.1) is 16.3 Å². The van der Waals surface area contributed by atoms with Crippen molar-refractivity contribution in [1.82, 2.24) is 0 Å². The van der Waals surface area contributed by atoms with Crippen LogP contribution >= 0.6 is 11.6 Å². The van der Waals surface area contributed by atoms with Crippen molar-refractivity contribution in [3.8, 4) is 0 Å². The second kappa shape index (κ2) is 6.14. The first-order valence-electron chi connectivity index (χ1n) is 5.58. The minimum absolute atomic E-state index is 0.0315. The van der Waals surface area contributed by atoms with Crippen molar-refractivity contribution >= 4 is 17.3 Å². The van der Waals surface area contributed by atoms with E-state index in [1.807, 2.05) is 6.92 Å². The van der Waals surface area contributed by atoms with Crippen LogP contribution in [0.3, 0.4) is 0 Å². The summed E-state index contributed by atoms with van der Waals surface area (Å²) in [5.41, 5.74) is -0.395. The third kappa shape index (κ3) is 4.26. The van der Waals surface area contributed by atoms with Gasteiger partial charge in [-0.25, -0.2) is 0 Å². The molecule has 0 spiro atoms. The predicted octanol–water partition coefficient (Wildman–Crippen LogP) is 5.13. The first-order valence-corrected chi connectivity index (χ1v) is 5.96. The van der Waals surface area contributed by atoms with Gasteiger partial charge < -0.3 is 5.32 Å². The van der Waals surface area contributed by atoms with Gasteiger partial charge in [-0.05, 0) is 38.0 Å². The summed E-state index contributed by atoms with van der Waals surface area (Å²) in [5, 5.41) is 3.26. The highest BCUT2D eigenvalue weighted by Crippen LogP contribution is 2.34. The summed E-state index contributed by atoms with van der Waals surface area (Å²) in [6, 6.07) is 3.30. The van der Waals surface area contributed by atoms with Gasteiger partial charge >= 0.3 is 6.18 Å². The Bertz CT molecular complexity index is 415. The van der Waals surface area contributed by atoms with Crippen LogP contribution in [0.4, 0.5) is 18.9 Å². The highest BCUT2D eigenvalue weighted by Gasteiger charge is 2.31. The third-order valence-corrected chi connectivity index (χ3v) is 2.83. The molecule has 0 amide bonds. The van der Waals surface area contributed by atoms with Crippen molar-refractivity contribution in [1.29, 1.82) is 0 Å². The van der Waals surface area contributed by atoms with Crippen molar-refractivity contribution < 1.29 is 13.2 Å². The van der Waals surface area contributed by atoms with Gasteiger partial charge in [-0.1, -0.05) is 17.7 Å². The Balaban J connectivity index is 2.84. The molecule has 5 heteroatoms. The van der Waals surface area contributed by atoms with Gasteiger partial charge in [-0.2, -0.15) is 13.2 Å². The van der Waals surface area contributed by atoms with Crippen LogP contribution in [0.2, 0.25) is 5.02 Å². The van der Waals surface area contributed by atoms with Gasteiger partial charge in [0.2, 0.25) is 0 Å². The number of hydrogen-bond acceptors (Lipinski definition) is 1. The molecule has 1 aromatic carbocycles. The highest BCUT2D eigenvalue weighted by molar-refractivity contribution is 6.33. The lowest BCUT2D eigenvalue weighted by molar-refractivity contribution is -0.137. The van der Waals surface area contributed by atoms with Crippen LogP contribution < -0.4 is 5.32 Å². The molecule has 1 unspecified atom stereocenters. The van der Waals surface area contributed by atoms with Crippen LogP contribution in [0.5, 0.6) is 0 Å². The zero-order valence-corrected chi connectivity index (χ0v) is 10.8. The number of alkyl halides is 3. The van der Waals surface area contributed by atoms with Gasteiger partial charge in [-0.3, -0.25) is 0 Å². The van der Waals surface area contributed by atoms with E-state index in [0.717, 1.165) is 25.0 Å². The first kappa shape index (κ1) is 14.9. The van der Waals surface area contributed by atoms with Crippen molar-refractivity contribution in [3.05, 3.63) is 41.4 Å². The van der Waals surface area contributed by atoms with Crippen LogP contribution in [0.25, 0.3) is 0 Å². The average Bonchev–Trinajstić information content (AvgIpc) is 2.28. The summed E-state index contributed by atoms with van der Waals surface area (Å²) in [6.45, 7) is 5.49. The molecule has 0 bridgehead atoms. The minimum Gasteiger partial charge on any atom is -0.381 e. The molecule has 0 aliphatic carbocycles. The quantitative estimate of drug-likeness (QED) is 0.736. The number of allylic oxidation sites excluding steroid dienone is 1. The van der Waals surface area contributed by atoms with E-state index in [0.29, 0.717) is 5.69 Å². The van der Waals surface area contributed by atoms with Crippen LogP contribution in [0, 0.1) is 0 Å². The number of hydrogen-bond donors (Lipinski definition) is 1. The van der Waals surface area contributed by atoms with Gasteiger partial charge in [0, 0.05) is 6.04 Å². The van der Waals surface area contributed by atoms with Crippen molar-refractivity contribution in [3.63, 3.8) is 0 Å². The molecule has 0 aromatic heterocycles. The topological polar surface area (TPSA) is 12.0 Å². The molecule has 100 valence electrons. The summed E-state index contributed by atoms with van der Waals surface area (Å²) in [6.07, 6.45) is -1.00. The summed E-state index contributed by atoms with van der Waals surface area (Å²) in [4.78, 5) is 0. The molecule has 1 nitrogen and oxygen atoms in total. The van der Waals surface area contributed by atoms with Crippen molar-refractivity contribution in [2.24, 2.45) is 0 Å². The second-order valence-electron chi connectivity index (χ2n) is 4.10. The minimum atomic E-state index is -4.36. The molecule has 1 aromatic rings. The summed E-state index contributed by atoms with van der Waals surface area (Å²) >= 11 is 5.87. The summed E-state index contributed by atoms with van der Waals surface area (Å²) in [7, 11) is 0. The Morgan fingerprint density at radius 3 is 2.67 bits per heavy atom. The molecule has 0 radical (unpaired) electrons. The predicted molar refractivity (Wildman–Crippen MR) is 69.0 cm³/mol. The van der Waals surface area contributed by atoms with Gasteiger partial charge in [0.25, 0.3) is 0 Å². The van der Waals surface area contributed by atoms with E-state index in [9.17, 15) is 13.2 Å². The molecular formula is C13H15ClF3N. The van der Waals surface area contributed by atoms with Gasteiger partial charge in [-0.15, -0.1) is 6.58 Å². The largest absolute Gasteiger partial charge is 0.416 e. The van der Waals surface area contributed by atoms with E-state index in [4.69, 9.17) is 11.6 Å². The lowest BCUT2D eigenvalue weighted by Gasteiger charge is -2.17. The maximum absolute atomic E-state index is 12.6. The van der Waals surface area contributed by atoms with Gasteiger partial charge in [0.15, 0.2) is 0 Å². The molecule has 18 heavy (non-hydrogen) atoms. The first-order chi connectivity index (χ1) is 8.34. The van der Waals surface area contributed by atoms with E-state index in [2.05, 4.69) is 11.9 Å². The fourth-order valence-electron chi connectivity index (χ4n) is 1.52. The van der Waals surface area contributed by atoms with Gasteiger partial charge in [0.1, 0.15) is 0 Å². The monoisotopic (exact) mass is 277 g/mol.